The van der Waals surface area contributed by atoms with Gasteiger partial charge in [-0.05, 0) is 25.1 Å². The van der Waals surface area contributed by atoms with Crippen molar-refractivity contribution >= 4 is 28.7 Å². The lowest BCUT2D eigenvalue weighted by Gasteiger charge is -2.04. The van der Waals surface area contributed by atoms with Crippen LogP contribution in [0.4, 0.5) is 0 Å². The number of aromatic nitrogens is 4. The first kappa shape index (κ1) is 18.1. The van der Waals surface area contributed by atoms with Gasteiger partial charge < -0.3 is 15.0 Å². The van der Waals surface area contributed by atoms with Crippen molar-refractivity contribution in [1.82, 2.24) is 19.9 Å². The molecule has 0 radical (unpaired) electrons. The summed E-state index contributed by atoms with van der Waals surface area (Å²) in [5, 5.41) is 9.44. The van der Waals surface area contributed by atoms with Crippen LogP contribution in [-0.4, -0.2) is 32.4 Å². The molecule has 0 unspecified atom stereocenters. The fourth-order valence-corrected chi connectivity index (χ4v) is 3.59. The molecular weight excluding hydrogens is 378 g/mol. The van der Waals surface area contributed by atoms with Gasteiger partial charge in [0.1, 0.15) is 22.6 Å². The highest BCUT2D eigenvalue weighted by Gasteiger charge is 2.23. The van der Waals surface area contributed by atoms with E-state index in [1.165, 1.54) is 16.4 Å². The van der Waals surface area contributed by atoms with Crippen molar-refractivity contribution in [2.75, 3.05) is 12.4 Å². The van der Waals surface area contributed by atoms with Gasteiger partial charge in [-0.2, -0.15) is 0 Å². The lowest BCUT2D eigenvalue weighted by molar-refractivity contribution is 0.0526. The van der Waals surface area contributed by atoms with Crippen LogP contribution in [0.15, 0.2) is 58.2 Å². The molecule has 0 aliphatic carbocycles. The van der Waals surface area contributed by atoms with Crippen LogP contribution in [0.25, 0.3) is 22.5 Å². The second kappa shape index (κ2) is 7.73. The number of carbonyl (C=O) groups excluding carboxylic acids is 1. The number of fused-ring (bicyclic) bond motifs is 1. The van der Waals surface area contributed by atoms with Crippen LogP contribution in [0.5, 0.6) is 0 Å². The first-order valence-corrected chi connectivity index (χ1v) is 9.59. The number of thioether (sulfide) groups is 1. The minimum atomic E-state index is -0.411. The minimum Gasteiger partial charge on any atom is -0.462 e. The number of hydrogen-bond acceptors (Lipinski definition) is 8. The lowest BCUT2D eigenvalue weighted by Crippen LogP contribution is -2.12. The summed E-state index contributed by atoms with van der Waals surface area (Å²) in [5.74, 6) is 7.03. The first-order chi connectivity index (χ1) is 13.7. The molecule has 3 aromatic heterocycles. The third-order valence-electron chi connectivity index (χ3n) is 4.04. The van der Waals surface area contributed by atoms with Gasteiger partial charge in [-0.1, -0.05) is 36.0 Å². The molecule has 0 aliphatic heterocycles. The van der Waals surface area contributed by atoms with Crippen molar-refractivity contribution < 1.29 is 13.9 Å². The average Bonchev–Trinajstić information content (AvgIpc) is 3.27. The summed E-state index contributed by atoms with van der Waals surface area (Å²) in [4.78, 5) is 16.7. The van der Waals surface area contributed by atoms with E-state index in [1.54, 1.807) is 19.2 Å². The Hall–Kier alpha value is -3.33. The Balaban J connectivity index is 1.62. The molecule has 4 rings (SSSR count). The van der Waals surface area contributed by atoms with E-state index < -0.39 is 5.97 Å². The fourth-order valence-electron chi connectivity index (χ4n) is 2.80. The van der Waals surface area contributed by atoms with Gasteiger partial charge in [-0.25, -0.2) is 9.47 Å². The van der Waals surface area contributed by atoms with Crippen molar-refractivity contribution in [1.29, 1.82) is 0 Å². The van der Waals surface area contributed by atoms with Gasteiger partial charge in [0, 0.05) is 11.6 Å². The van der Waals surface area contributed by atoms with Crippen LogP contribution in [-0.2, 0) is 10.5 Å². The number of nitrogens with zero attached hydrogens (tertiary/aromatic N) is 4. The van der Waals surface area contributed by atoms with E-state index in [9.17, 15) is 4.79 Å². The number of nitrogens with two attached hydrogens (primary N) is 1. The van der Waals surface area contributed by atoms with Crippen molar-refractivity contribution in [2.45, 2.75) is 17.8 Å². The van der Waals surface area contributed by atoms with Gasteiger partial charge in [-0.3, -0.25) is 4.98 Å². The van der Waals surface area contributed by atoms with E-state index in [0.717, 1.165) is 5.39 Å². The van der Waals surface area contributed by atoms with Gasteiger partial charge in [0.15, 0.2) is 0 Å². The Morgan fingerprint density at radius 2 is 2.04 bits per heavy atom. The second-order valence-corrected chi connectivity index (χ2v) is 6.74. The Bertz CT molecular complexity index is 1120. The van der Waals surface area contributed by atoms with E-state index in [0.29, 0.717) is 39.3 Å². The van der Waals surface area contributed by atoms with Crippen LogP contribution >= 0.6 is 11.8 Å². The smallest absolute Gasteiger partial charge is 0.342 e. The molecule has 9 heteroatoms. The number of hydrogen-bond donors (Lipinski definition) is 1. The molecule has 4 aromatic rings. The SMILES string of the molecule is CCOC(=O)c1c(CSc2nnc(-c3ccccn3)n2N)oc2ccccc12. The predicted molar refractivity (Wildman–Crippen MR) is 105 cm³/mol. The highest BCUT2D eigenvalue weighted by atomic mass is 32.2. The number of benzene rings is 1. The van der Waals surface area contributed by atoms with E-state index in [-0.39, 0.29) is 6.61 Å². The topological polar surface area (TPSA) is 109 Å². The molecule has 2 N–H and O–H groups in total. The molecule has 0 bridgehead atoms. The number of furan rings is 1. The number of rotatable bonds is 6. The highest BCUT2D eigenvalue weighted by Crippen LogP contribution is 2.31. The first-order valence-electron chi connectivity index (χ1n) is 8.61. The van der Waals surface area contributed by atoms with Gasteiger partial charge in [0.25, 0.3) is 0 Å². The lowest BCUT2D eigenvalue weighted by atomic mass is 10.1. The molecule has 3 heterocycles. The third-order valence-corrected chi connectivity index (χ3v) is 4.98. The molecule has 0 spiro atoms. The van der Waals surface area contributed by atoms with Crippen LogP contribution in [0.3, 0.4) is 0 Å². The number of nitrogen functional groups attached to an aromatic ring is 1. The Kier molecular flexibility index (Phi) is 4.98. The summed E-state index contributed by atoms with van der Waals surface area (Å²) in [5.41, 5.74) is 1.68. The third kappa shape index (κ3) is 3.31. The highest BCUT2D eigenvalue weighted by molar-refractivity contribution is 7.98. The predicted octanol–water partition coefficient (Wildman–Crippen LogP) is 3.27. The molecule has 0 amide bonds. The number of carbonyl (C=O) groups is 1. The van der Waals surface area contributed by atoms with Gasteiger partial charge >= 0.3 is 5.97 Å². The molecular formula is C19H17N5O3S. The quantitative estimate of drug-likeness (QED) is 0.301. The number of pyridine rings is 1. The number of ether oxygens (including phenoxy) is 1. The van der Waals surface area contributed by atoms with Crippen LogP contribution < -0.4 is 5.84 Å². The zero-order valence-corrected chi connectivity index (χ0v) is 15.8. The summed E-state index contributed by atoms with van der Waals surface area (Å²) in [7, 11) is 0. The largest absolute Gasteiger partial charge is 0.462 e. The summed E-state index contributed by atoms with van der Waals surface area (Å²) >= 11 is 1.32. The van der Waals surface area contributed by atoms with E-state index in [4.69, 9.17) is 15.0 Å². The maximum absolute atomic E-state index is 12.5. The minimum absolute atomic E-state index is 0.287. The summed E-state index contributed by atoms with van der Waals surface area (Å²) in [6.45, 7) is 2.06. The van der Waals surface area contributed by atoms with E-state index >= 15 is 0 Å². The van der Waals surface area contributed by atoms with Crippen molar-refractivity contribution in [3.8, 4) is 11.5 Å². The van der Waals surface area contributed by atoms with Crippen molar-refractivity contribution in [3.05, 3.63) is 60.0 Å². The molecule has 8 nitrogen and oxygen atoms in total. The molecule has 1 aromatic carbocycles. The monoisotopic (exact) mass is 395 g/mol. The van der Waals surface area contributed by atoms with Crippen LogP contribution in [0, 0.1) is 0 Å². The Morgan fingerprint density at radius 3 is 2.82 bits per heavy atom. The fraction of sp³-hybridized carbons (Fsp3) is 0.158. The molecule has 0 saturated heterocycles. The number of para-hydroxylation sites is 1. The van der Waals surface area contributed by atoms with Gasteiger partial charge in [-0.15, -0.1) is 10.2 Å². The van der Waals surface area contributed by atoms with Gasteiger partial charge in [0.2, 0.25) is 11.0 Å². The average molecular weight is 395 g/mol. The van der Waals surface area contributed by atoms with Crippen LogP contribution in [0.1, 0.15) is 23.0 Å². The Morgan fingerprint density at radius 1 is 1.21 bits per heavy atom. The standard InChI is InChI=1S/C19H17N5O3S/c1-2-26-18(25)16-12-7-3-4-9-14(12)27-15(16)11-28-19-23-22-17(24(19)20)13-8-5-6-10-21-13/h3-10H,2,11,20H2,1H3. The molecule has 0 atom stereocenters. The van der Waals surface area contributed by atoms with E-state index in [2.05, 4.69) is 15.2 Å². The normalized spacial score (nSPS) is 11.0. The molecule has 28 heavy (non-hydrogen) atoms. The van der Waals surface area contributed by atoms with Crippen molar-refractivity contribution in [3.63, 3.8) is 0 Å². The maximum atomic E-state index is 12.5. The summed E-state index contributed by atoms with van der Waals surface area (Å²) < 4.78 is 12.5. The molecule has 0 aliphatic rings. The zero-order valence-electron chi connectivity index (χ0n) is 15.0. The van der Waals surface area contributed by atoms with Crippen molar-refractivity contribution in [2.24, 2.45) is 0 Å². The molecule has 0 fully saturated rings. The summed E-state index contributed by atoms with van der Waals surface area (Å²) in [6, 6.07) is 12.8. The molecule has 142 valence electrons. The molecule has 0 saturated carbocycles. The van der Waals surface area contributed by atoms with E-state index in [1.807, 2.05) is 36.4 Å². The number of esters is 1. The second-order valence-electron chi connectivity index (χ2n) is 5.80. The summed E-state index contributed by atoms with van der Waals surface area (Å²) in [6.07, 6.45) is 1.66. The van der Waals surface area contributed by atoms with Crippen LogP contribution in [0.2, 0.25) is 0 Å². The maximum Gasteiger partial charge on any atom is 0.342 e. The van der Waals surface area contributed by atoms with Gasteiger partial charge in [0.05, 0.1) is 12.4 Å². The zero-order chi connectivity index (χ0) is 19.5. The Labute approximate surface area is 164 Å².